The van der Waals surface area contributed by atoms with E-state index in [4.69, 9.17) is 18.6 Å². The third kappa shape index (κ3) is 5.64. The van der Waals surface area contributed by atoms with Crippen LogP contribution in [0.2, 0.25) is 0 Å². The van der Waals surface area contributed by atoms with Gasteiger partial charge in [-0.05, 0) is 35.1 Å². The lowest BCUT2D eigenvalue weighted by molar-refractivity contribution is -0.113. The third-order valence-electron chi connectivity index (χ3n) is 5.28. The van der Waals surface area contributed by atoms with Crippen LogP contribution in [0.4, 0.5) is 5.69 Å². The van der Waals surface area contributed by atoms with E-state index >= 15 is 0 Å². The molecule has 0 saturated carbocycles. The lowest BCUT2D eigenvalue weighted by Gasteiger charge is -2.20. The van der Waals surface area contributed by atoms with Crippen molar-refractivity contribution < 1.29 is 23.4 Å². The molecule has 0 spiro atoms. The van der Waals surface area contributed by atoms with E-state index in [0.717, 1.165) is 16.8 Å². The molecule has 0 radical (unpaired) electrons. The molecule has 34 heavy (non-hydrogen) atoms. The van der Waals surface area contributed by atoms with Crippen LogP contribution in [-0.4, -0.2) is 43.2 Å². The van der Waals surface area contributed by atoms with Gasteiger partial charge >= 0.3 is 0 Å². The number of methoxy groups -OCH3 is 3. The maximum atomic E-state index is 12.8. The third-order valence-corrected chi connectivity index (χ3v) is 6.10. The summed E-state index contributed by atoms with van der Waals surface area (Å²) in [6, 6.07) is 9.61. The van der Waals surface area contributed by atoms with Crippen molar-refractivity contribution in [1.82, 2.24) is 10.2 Å². The lowest BCUT2D eigenvalue weighted by Crippen LogP contribution is -2.17. The first-order valence-electron chi connectivity index (χ1n) is 11.0. The Bertz CT molecular complexity index is 1090. The van der Waals surface area contributed by atoms with Crippen molar-refractivity contribution in [3.63, 3.8) is 0 Å². The fraction of sp³-hybridized carbons (Fsp3) is 0.400. The molecular formula is C25H31N3O5S. The quantitative estimate of drug-likeness (QED) is 0.363. The summed E-state index contributed by atoms with van der Waals surface area (Å²) >= 11 is 1.18. The number of thioether (sulfide) groups is 1. The second-order valence-corrected chi connectivity index (χ2v) is 9.17. The Labute approximate surface area is 204 Å². The number of amides is 1. The van der Waals surface area contributed by atoms with Crippen LogP contribution in [-0.2, 0) is 4.79 Å². The van der Waals surface area contributed by atoms with Crippen molar-refractivity contribution in [2.45, 2.75) is 44.8 Å². The number of nitrogens with zero attached hydrogens (tertiary/aromatic N) is 2. The minimum atomic E-state index is -0.132. The van der Waals surface area contributed by atoms with E-state index in [9.17, 15) is 4.79 Å². The maximum absolute atomic E-state index is 12.8. The first-order chi connectivity index (χ1) is 16.3. The first-order valence-corrected chi connectivity index (χ1v) is 12.0. The molecule has 0 saturated heterocycles. The number of para-hydroxylation sites is 1. The van der Waals surface area contributed by atoms with E-state index in [2.05, 4.69) is 55.3 Å². The number of ether oxygens (including phenoxy) is 3. The van der Waals surface area contributed by atoms with Crippen LogP contribution in [0.25, 0.3) is 11.5 Å². The van der Waals surface area contributed by atoms with Gasteiger partial charge in [-0.1, -0.05) is 57.7 Å². The smallest absolute Gasteiger partial charge is 0.277 e. The van der Waals surface area contributed by atoms with Gasteiger partial charge in [0.1, 0.15) is 0 Å². The standard InChI is InChI=1S/C25H31N3O5S/c1-14(2)17-9-8-10-18(15(3)4)22(17)26-21(29)13-34-25-28-27-24(33-25)16-11-19(30-5)23(32-7)20(12-16)31-6/h8-12,14-15H,13H2,1-7H3,(H,26,29). The summed E-state index contributed by atoms with van der Waals surface area (Å²) < 4.78 is 21.9. The number of anilines is 1. The number of hydrogen-bond acceptors (Lipinski definition) is 8. The minimum absolute atomic E-state index is 0.132. The Morgan fingerprint density at radius 2 is 1.56 bits per heavy atom. The Hall–Kier alpha value is -3.20. The number of carbonyl (C=O) groups excluding carboxylic acids is 1. The summed E-state index contributed by atoms with van der Waals surface area (Å²) in [5, 5.41) is 11.6. The molecule has 3 rings (SSSR count). The van der Waals surface area contributed by atoms with Gasteiger partial charge in [0.05, 0.1) is 27.1 Å². The first kappa shape index (κ1) is 25.4. The Kier molecular flexibility index (Phi) is 8.44. The number of carbonyl (C=O) groups is 1. The molecule has 3 aromatic rings. The van der Waals surface area contributed by atoms with E-state index in [0.29, 0.717) is 39.9 Å². The van der Waals surface area contributed by atoms with E-state index in [1.165, 1.54) is 33.1 Å². The summed E-state index contributed by atoms with van der Waals surface area (Å²) in [5.74, 6) is 2.31. The highest BCUT2D eigenvalue weighted by molar-refractivity contribution is 7.99. The molecule has 9 heteroatoms. The van der Waals surface area contributed by atoms with Gasteiger partial charge in [-0.3, -0.25) is 4.79 Å². The largest absolute Gasteiger partial charge is 0.493 e. The number of aromatic nitrogens is 2. The molecule has 0 fully saturated rings. The van der Waals surface area contributed by atoms with Crippen LogP contribution in [0.5, 0.6) is 17.2 Å². The molecule has 0 aliphatic rings. The van der Waals surface area contributed by atoms with E-state index < -0.39 is 0 Å². The zero-order chi connectivity index (χ0) is 24.8. The van der Waals surface area contributed by atoms with Gasteiger partial charge in [-0.25, -0.2) is 0 Å². The number of nitrogens with one attached hydrogen (secondary N) is 1. The van der Waals surface area contributed by atoms with Crippen molar-refractivity contribution in [2.75, 3.05) is 32.4 Å². The summed E-state index contributed by atoms with van der Waals surface area (Å²) in [5.41, 5.74) is 3.74. The van der Waals surface area contributed by atoms with Gasteiger partial charge in [0.2, 0.25) is 17.5 Å². The molecular weight excluding hydrogens is 454 g/mol. The Balaban J connectivity index is 1.74. The highest BCUT2D eigenvalue weighted by Crippen LogP contribution is 2.41. The predicted octanol–water partition coefficient (Wildman–Crippen LogP) is 5.74. The summed E-state index contributed by atoms with van der Waals surface area (Å²) in [4.78, 5) is 12.8. The number of rotatable bonds is 10. The SMILES string of the molecule is COc1cc(-c2nnc(SCC(=O)Nc3c(C(C)C)cccc3C(C)C)o2)cc(OC)c1OC. The number of benzene rings is 2. The fourth-order valence-electron chi connectivity index (χ4n) is 3.59. The van der Waals surface area contributed by atoms with Crippen molar-refractivity contribution in [2.24, 2.45) is 0 Å². The van der Waals surface area contributed by atoms with Crippen LogP contribution >= 0.6 is 11.8 Å². The van der Waals surface area contributed by atoms with Crippen LogP contribution in [0.15, 0.2) is 40.0 Å². The predicted molar refractivity (Wildman–Crippen MR) is 133 cm³/mol. The summed E-state index contributed by atoms with van der Waals surface area (Å²) in [7, 11) is 4.62. The topological polar surface area (TPSA) is 95.7 Å². The Morgan fingerprint density at radius 1 is 0.971 bits per heavy atom. The Morgan fingerprint density at radius 3 is 2.06 bits per heavy atom. The zero-order valence-corrected chi connectivity index (χ0v) is 21.4. The molecule has 1 aromatic heterocycles. The van der Waals surface area contributed by atoms with E-state index in [1.54, 1.807) is 12.1 Å². The van der Waals surface area contributed by atoms with Gasteiger partial charge in [0.15, 0.2) is 11.5 Å². The normalized spacial score (nSPS) is 11.1. The highest BCUT2D eigenvalue weighted by atomic mass is 32.2. The van der Waals surface area contributed by atoms with Crippen molar-refractivity contribution in [3.8, 4) is 28.7 Å². The molecule has 0 atom stereocenters. The molecule has 2 aromatic carbocycles. The van der Waals surface area contributed by atoms with E-state index in [1.807, 2.05) is 6.07 Å². The molecule has 0 aliphatic carbocycles. The maximum Gasteiger partial charge on any atom is 0.277 e. The van der Waals surface area contributed by atoms with Crippen LogP contribution < -0.4 is 19.5 Å². The molecule has 0 unspecified atom stereocenters. The monoisotopic (exact) mass is 485 g/mol. The second kappa shape index (κ2) is 11.3. The van der Waals surface area contributed by atoms with Gasteiger partial charge in [0, 0.05) is 11.3 Å². The molecule has 1 amide bonds. The van der Waals surface area contributed by atoms with Crippen molar-refractivity contribution >= 4 is 23.4 Å². The summed E-state index contributed by atoms with van der Waals surface area (Å²) in [6.07, 6.45) is 0. The summed E-state index contributed by atoms with van der Waals surface area (Å²) in [6.45, 7) is 8.47. The minimum Gasteiger partial charge on any atom is -0.493 e. The lowest BCUT2D eigenvalue weighted by atomic mass is 9.92. The van der Waals surface area contributed by atoms with Crippen molar-refractivity contribution in [1.29, 1.82) is 0 Å². The van der Waals surface area contributed by atoms with Gasteiger partial charge in [0.25, 0.3) is 5.22 Å². The molecule has 1 N–H and O–H groups in total. The molecule has 8 nitrogen and oxygen atoms in total. The average molecular weight is 486 g/mol. The van der Waals surface area contributed by atoms with Crippen LogP contribution in [0.1, 0.15) is 50.7 Å². The van der Waals surface area contributed by atoms with Crippen LogP contribution in [0, 0.1) is 0 Å². The molecule has 1 heterocycles. The molecule has 0 bridgehead atoms. The second-order valence-electron chi connectivity index (χ2n) is 8.24. The molecule has 182 valence electrons. The fourth-order valence-corrected chi connectivity index (χ4v) is 4.15. The number of hydrogen-bond donors (Lipinski definition) is 1. The van der Waals surface area contributed by atoms with Gasteiger partial charge in [-0.15, -0.1) is 10.2 Å². The van der Waals surface area contributed by atoms with Crippen LogP contribution in [0.3, 0.4) is 0 Å². The highest BCUT2D eigenvalue weighted by Gasteiger charge is 2.19. The average Bonchev–Trinajstić information content (AvgIpc) is 3.30. The van der Waals surface area contributed by atoms with Gasteiger partial charge < -0.3 is 23.9 Å². The van der Waals surface area contributed by atoms with E-state index in [-0.39, 0.29) is 17.6 Å². The van der Waals surface area contributed by atoms with Crippen molar-refractivity contribution in [3.05, 3.63) is 41.5 Å². The van der Waals surface area contributed by atoms with Gasteiger partial charge in [-0.2, -0.15) is 0 Å². The molecule has 0 aliphatic heterocycles. The zero-order valence-electron chi connectivity index (χ0n) is 20.6.